The van der Waals surface area contributed by atoms with Gasteiger partial charge in [-0.15, -0.1) is 0 Å². The highest BCUT2D eigenvalue weighted by Gasteiger charge is 2.29. The first-order valence-electron chi connectivity index (χ1n) is 8.13. The summed E-state index contributed by atoms with van der Waals surface area (Å²) in [5, 5.41) is 3.58. The normalized spacial score (nSPS) is 39.5. The Morgan fingerprint density at radius 3 is 2.56 bits per heavy atom. The molecule has 1 saturated heterocycles. The Kier molecular flexibility index (Phi) is 5.50. The average molecular weight is 252 g/mol. The zero-order valence-electron chi connectivity index (χ0n) is 12.6. The maximum atomic E-state index is 3.58. The molecule has 2 nitrogen and oxygen atoms in total. The number of likely N-dealkylation sites (tertiary alicyclic amines) is 1. The van der Waals surface area contributed by atoms with Crippen LogP contribution in [0.25, 0.3) is 0 Å². The average Bonchev–Trinajstić information content (AvgIpc) is 2.60. The van der Waals surface area contributed by atoms with E-state index in [0.29, 0.717) is 0 Å². The van der Waals surface area contributed by atoms with Gasteiger partial charge >= 0.3 is 0 Å². The predicted octanol–water partition coefficient (Wildman–Crippen LogP) is 3.28. The minimum absolute atomic E-state index is 0.761. The van der Waals surface area contributed by atoms with Crippen molar-refractivity contribution in [1.82, 2.24) is 10.2 Å². The lowest BCUT2D eigenvalue weighted by molar-refractivity contribution is 0.0852. The summed E-state index contributed by atoms with van der Waals surface area (Å²) in [6.45, 7) is 7.53. The van der Waals surface area contributed by atoms with Gasteiger partial charge in [-0.3, -0.25) is 0 Å². The van der Waals surface area contributed by atoms with Gasteiger partial charge in [0.05, 0.1) is 0 Å². The Morgan fingerprint density at radius 1 is 1.00 bits per heavy atom. The highest BCUT2D eigenvalue weighted by molar-refractivity contribution is 4.85. The summed E-state index contributed by atoms with van der Waals surface area (Å²) in [7, 11) is 2.16. The fraction of sp³-hybridized carbons (Fsp3) is 1.00. The Bertz CT molecular complexity index is 241. The van der Waals surface area contributed by atoms with Crippen LogP contribution in [0.3, 0.4) is 0 Å². The largest absolute Gasteiger partial charge is 0.317 e. The van der Waals surface area contributed by atoms with Crippen molar-refractivity contribution >= 4 is 0 Å². The summed E-state index contributed by atoms with van der Waals surface area (Å²) >= 11 is 0. The zero-order chi connectivity index (χ0) is 13.0. The molecular weight excluding hydrogens is 220 g/mol. The third kappa shape index (κ3) is 3.48. The van der Waals surface area contributed by atoms with Crippen LogP contribution in [0.1, 0.15) is 58.8 Å². The number of nitrogens with zero attached hydrogens (tertiary/aromatic N) is 1. The molecule has 1 aliphatic heterocycles. The Balaban J connectivity index is 1.92. The second kappa shape index (κ2) is 6.91. The number of piperidine rings is 1. The molecule has 0 aromatic rings. The smallest absolute Gasteiger partial charge is 0.0104 e. The molecule has 0 spiro atoms. The quantitative estimate of drug-likeness (QED) is 0.776. The molecule has 0 aromatic heterocycles. The fourth-order valence-corrected chi connectivity index (χ4v) is 3.96. The Morgan fingerprint density at radius 2 is 1.78 bits per heavy atom. The Hall–Kier alpha value is -0.0800. The molecule has 1 heterocycles. The molecule has 1 saturated carbocycles. The molecule has 0 radical (unpaired) electrons. The van der Waals surface area contributed by atoms with Crippen LogP contribution < -0.4 is 5.32 Å². The number of hydrogen-bond donors (Lipinski definition) is 1. The van der Waals surface area contributed by atoms with Crippen molar-refractivity contribution in [3.8, 4) is 0 Å². The van der Waals surface area contributed by atoms with Crippen molar-refractivity contribution in [1.29, 1.82) is 0 Å². The van der Waals surface area contributed by atoms with E-state index >= 15 is 0 Å². The van der Waals surface area contributed by atoms with Crippen LogP contribution in [0.5, 0.6) is 0 Å². The van der Waals surface area contributed by atoms with Gasteiger partial charge in [-0.1, -0.05) is 26.2 Å². The molecule has 1 aliphatic carbocycles. The summed E-state index contributed by atoms with van der Waals surface area (Å²) in [4.78, 5) is 2.77. The minimum atomic E-state index is 0.761. The monoisotopic (exact) mass is 252 g/mol. The summed E-state index contributed by atoms with van der Waals surface area (Å²) in [5.74, 6) is 1.77. The lowest BCUT2D eigenvalue weighted by atomic mass is 9.88. The first-order chi connectivity index (χ1) is 8.72. The summed E-state index contributed by atoms with van der Waals surface area (Å²) in [6, 6.07) is 1.55. The van der Waals surface area contributed by atoms with E-state index in [9.17, 15) is 0 Å². The van der Waals surface area contributed by atoms with Crippen LogP contribution in [-0.4, -0.2) is 37.1 Å². The predicted molar refractivity (Wildman–Crippen MR) is 78.9 cm³/mol. The van der Waals surface area contributed by atoms with E-state index in [4.69, 9.17) is 0 Å². The van der Waals surface area contributed by atoms with Crippen molar-refractivity contribution in [2.75, 3.05) is 20.1 Å². The molecule has 4 atom stereocenters. The van der Waals surface area contributed by atoms with E-state index in [0.717, 1.165) is 23.9 Å². The van der Waals surface area contributed by atoms with Crippen LogP contribution in [0.2, 0.25) is 0 Å². The molecule has 18 heavy (non-hydrogen) atoms. The molecule has 0 aromatic carbocycles. The van der Waals surface area contributed by atoms with Gasteiger partial charge in [0.25, 0.3) is 0 Å². The number of rotatable bonds is 3. The lowest BCUT2D eigenvalue weighted by Crippen LogP contribution is -2.48. The van der Waals surface area contributed by atoms with Gasteiger partial charge in [0, 0.05) is 18.6 Å². The topological polar surface area (TPSA) is 15.3 Å². The highest BCUT2D eigenvalue weighted by Crippen LogP contribution is 2.28. The molecule has 2 heteroatoms. The first-order valence-corrected chi connectivity index (χ1v) is 8.13. The van der Waals surface area contributed by atoms with E-state index in [1.165, 1.54) is 58.0 Å². The molecule has 4 unspecified atom stereocenters. The summed E-state index contributed by atoms with van der Waals surface area (Å²) in [6.07, 6.45) is 9.97. The second-order valence-electron chi connectivity index (χ2n) is 6.65. The molecule has 2 fully saturated rings. The minimum Gasteiger partial charge on any atom is -0.317 e. The third-order valence-electron chi connectivity index (χ3n) is 5.50. The fourth-order valence-electron chi connectivity index (χ4n) is 3.96. The molecule has 0 bridgehead atoms. The Labute approximate surface area is 114 Å². The maximum Gasteiger partial charge on any atom is 0.0104 e. The third-order valence-corrected chi connectivity index (χ3v) is 5.50. The maximum absolute atomic E-state index is 3.58. The van der Waals surface area contributed by atoms with E-state index in [1.807, 2.05) is 0 Å². The van der Waals surface area contributed by atoms with Gasteiger partial charge in [0.1, 0.15) is 0 Å². The van der Waals surface area contributed by atoms with Gasteiger partial charge in [0.2, 0.25) is 0 Å². The van der Waals surface area contributed by atoms with Crippen LogP contribution in [0.4, 0.5) is 0 Å². The van der Waals surface area contributed by atoms with Crippen LogP contribution in [0.15, 0.2) is 0 Å². The first kappa shape index (κ1) is 14.3. The van der Waals surface area contributed by atoms with E-state index in [-0.39, 0.29) is 0 Å². The molecule has 2 rings (SSSR count). The van der Waals surface area contributed by atoms with Crippen molar-refractivity contribution in [2.45, 2.75) is 70.9 Å². The van der Waals surface area contributed by atoms with Crippen LogP contribution in [0, 0.1) is 11.8 Å². The van der Waals surface area contributed by atoms with E-state index in [1.54, 1.807) is 0 Å². The van der Waals surface area contributed by atoms with Gasteiger partial charge in [-0.25, -0.2) is 0 Å². The van der Waals surface area contributed by atoms with Crippen molar-refractivity contribution in [3.63, 3.8) is 0 Å². The van der Waals surface area contributed by atoms with Gasteiger partial charge in [0.15, 0.2) is 0 Å². The van der Waals surface area contributed by atoms with Crippen LogP contribution >= 0.6 is 0 Å². The van der Waals surface area contributed by atoms with Gasteiger partial charge < -0.3 is 10.2 Å². The van der Waals surface area contributed by atoms with Crippen LogP contribution in [-0.2, 0) is 0 Å². The summed E-state index contributed by atoms with van der Waals surface area (Å²) < 4.78 is 0. The van der Waals surface area contributed by atoms with E-state index in [2.05, 4.69) is 31.1 Å². The molecule has 106 valence electrons. The van der Waals surface area contributed by atoms with Crippen molar-refractivity contribution in [2.24, 2.45) is 11.8 Å². The number of hydrogen-bond acceptors (Lipinski definition) is 2. The summed E-state index contributed by atoms with van der Waals surface area (Å²) in [5.41, 5.74) is 0. The van der Waals surface area contributed by atoms with E-state index < -0.39 is 0 Å². The molecule has 2 aliphatic rings. The zero-order valence-corrected chi connectivity index (χ0v) is 12.6. The lowest BCUT2D eigenvalue weighted by Gasteiger charge is -2.41. The SMILES string of the molecule is CNC1CCCCCC1CN1CCCC(C)C1C. The highest BCUT2D eigenvalue weighted by atomic mass is 15.2. The van der Waals surface area contributed by atoms with Gasteiger partial charge in [-0.05, 0) is 58.0 Å². The van der Waals surface area contributed by atoms with Crippen molar-refractivity contribution in [3.05, 3.63) is 0 Å². The molecule has 0 amide bonds. The number of nitrogens with one attached hydrogen (secondary N) is 1. The standard InChI is InChI=1S/C16H32N2/c1-13-8-7-11-18(14(13)2)12-15-9-5-4-6-10-16(15)17-3/h13-17H,4-12H2,1-3H3. The van der Waals surface area contributed by atoms with Gasteiger partial charge in [-0.2, -0.15) is 0 Å². The van der Waals surface area contributed by atoms with Crippen molar-refractivity contribution < 1.29 is 0 Å². The molecule has 1 N–H and O–H groups in total. The molecular formula is C16H32N2. The second-order valence-corrected chi connectivity index (χ2v) is 6.65.